The molecule has 1 N–H and O–H groups in total. The van der Waals surface area contributed by atoms with Crippen molar-refractivity contribution < 1.29 is 4.79 Å². The first-order valence-corrected chi connectivity index (χ1v) is 9.04. The van der Waals surface area contributed by atoms with Gasteiger partial charge in [0.2, 0.25) is 0 Å². The van der Waals surface area contributed by atoms with Gasteiger partial charge in [0.25, 0.3) is 5.91 Å². The van der Waals surface area contributed by atoms with E-state index in [1.165, 1.54) is 29.4 Å². The molecule has 126 valence electrons. The highest BCUT2D eigenvalue weighted by Crippen LogP contribution is 2.31. The maximum Gasteiger partial charge on any atom is 0.264 e. The minimum atomic E-state index is -0.109. The molecule has 0 spiro atoms. The molecule has 2 aliphatic rings. The van der Waals surface area contributed by atoms with E-state index in [4.69, 9.17) is 0 Å². The quantitative estimate of drug-likeness (QED) is 0.844. The molecule has 1 amide bonds. The Balaban J connectivity index is 1.58. The summed E-state index contributed by atoms with van der Waals surface area (Å²) in [5.41, 5.74) is 4.41. The fourth-order valence-electron chi connectivity index (χ4n) is 3.06. The van der Waals surface area contributed by atoms with Crippen molar-refractivity contribution >= 4 is 40.3 Å². The predicted molar refractivity (Wildman–Crippen MR) is 103 cm³/mol. The van der Waals surface area contributed by atoms with Gasteiger partial charge in [-0.15, -0.1) is 0 Å². The summed E-state index contributed by atoms with van der Waals surface area (Å²) in [5.74, 6) is -0.109. The second-order valence-corrected chi connectivity index (χ2v) is 7.14. The maximum atomic E-state index is 12.2. The Kier molecular flexibility index (Phi) is 4.28. The Morgan fingerprint density at radius 2 is 2.28 bits per heavy atom. The molecule has 3 heterocycles. The smallest absolute Gasteiger partial charge is 0.264 e. The number of aromatic nitrogens is 1. The third kappa shape index (κ3) is 3.44. The number of nitrogens with one attached hydrogen (secondary N) is 1. The van der Waals surface area contributed by atoms with Crippen molar-refractivity contribution in [3.8, 4) is 0 Å². The number of thioether (sulfide) groups is 1. The lowest BCUT2D eigenvalue weighted by Gasteiger charge is -2.27. The number of hydrogen-bond donors (Lipinski definition) is 1. The van der Waals surface area contributed by atoms with Gasteiger partial charge < -0.3 is 10.2 Å². The molecule has 4 rings (SSSR count). The molecular weight excluding hydrogens is 332 g/mol. The first-order chi connectivity index (χ1) is 12.2. The highest BCUT2D eigenvalue weighted by atomic mass is 32.2. The third-order valence-electron chi connectivity index (χ3n) is 4.28. The van der Waals surface area contributed by atoms with Gasteiger partial charge in [-0.2, -0.15) is 0 Å². The van der Waals surface area contributed by atoms with Crippen molar-refractivity contribution in [2.24, 2.45) is 4.99 Å². The molecule has 0 radical (unpaired) electrons. The Morgan fingerprint density at radius 3 is 3.12 bits per heavy atom. The van der Waals surface area contributed by atoms with Crippen LogP contribution in [-0.2, 0) is 11.2 Å². The first kappa shape index (κ1) is 15.9. The molecule has 0 saturated carbocycles. The number of aliphatic imine (C=N–C) groups is 1. The number of rotatable bonds is 2. The molecular formula is C19H18N4OS. The minimum Gasteiger partial charge on any atom is -0.374 e. The van der Waals surface area contributed by atoms with Crippen LogP contribution in [0.4, 0.5) is 11.4 Å². The molecule has 1 fully saturated rings. The number of anilines is 1. The van der Waals surface area contributed by atoms with Crippen LogP contribution in [0.5, 0.6) is 0 Å². The molecule has 0 bridgehead atoms. The van der Waals surface area contributed by atoms with E-state index in [-0.39, 0.29) is 5.91 Å². The zero-order valence-corrected chi connectivity index (χ0v) is 14.7. The number of carbonyl (C=O) groups is 1. The van der Waals surface area contributed by atoms with E-state index >= 15 is 0 Å². The molecule has 5 nitrogen and oxygen atoms in total. The van der Waals surface area contributed by atoms with Crippen LogP contribution in [0.1, 0.15) is 17.5 Å². The fraction of sp³-hybridized carbons (Fsp3) is 0.211. The summed E-state index contributed by atoms with van der Waals surface area (Å²) in [7, 11) is 2.12. The van der Waals surface area contributed by atoms with E-state index in [0.29, 0.717) is 10.1 Å². The van der Waals surface area contributed by atoms with Gasteiger partial charge in [-0.1, -0.05) is 6.07 Å². The standard InChI is InChI=1S/C19H18N4OS/c1-23-9-3-4-14-10-13(6-7-16(14)23)11-17-18(24)22-19(25-17)21-15-5-2-8-20-12-15/h2,5-8,10-12H,3-4,9H2,1H3,(H,21,22,24)/b17-11-. The highest BCUT2D eigenvalue weighted by Gasteiger charge is 2.24. The second kappa shape index (κ2) is 6.72. The zero-order valence-electron chi connectivity index (χ0n) is 13.9. The number of amides is 1. The van der Waals surface area contributed by atoms with E-state index in [0.717, 1.165) is 24.2 Å². The molecule has 1 aromatic carbocycles. The molecule has 1 aromatic heterocycles. The number of amidine groups is 1. The molecule has 0 unspecified atom stereocenters. The summed E-state index contributed by atoms with van der Waals surface area (Å²) < 4.78 is 0. The average molecular weight is 350 g/mol. The summed E-state index contributed by atoms with van der Waals surface area (Å²) in [6.07, 6.45) is 7.55. The number of fused-ring (bicyclic) bond motifs is 1. The van der Waals surface area contributed by atoms with E-state index < -0.39 is 0 Å². The predicted octanol–water partition coefficient (Wildman–Crippen LogP) is 3.36. The molecule has 25 heavy (non-hydrogen) atoms. The van der Waals surface area contributed by atoms with Gasteiger partial charge in [0.15, 0.2) is 5.17 Å². The van der Waals surface area contributed by atoms with Gasteiger partial charge in [-0.05, 0) is 66.1 Å². The van der Waals surface area contributed by atoms with Gasteiger partial charge >= 0.3 is 0 Å². The summed E-state index contributed by atoms with van der Waals surface area (Å²) >= 11 is 1.36. The lowest BCUT2D eigenvalue weighted by Crippen LogP contribution is -2.24. The molecule has 0 atom stereocenters. The Labute approximate surface area is 150 Å². The van der Waals surface area contributed by atoms with Gasteiger partial charge in [0.05, 0.1) is 16.8 Å². The van der Waals surface area contributed by atoms with Crippen molar-refractivity contribution in [2.75, 3.05) is 18.5 Å². The molecule has 2 aromatic rings. The summed E-state index contributed by atoms with van der Waals surface area (Å²) in [6.45, 7) is 1.10. The van der Waals surface area contributed by atoms with E-state index in [1.807, 2.05) is 18.2 Å². The summed E-state index contributed by atoms with van der Waals surface area (Å²) in [6, 6.07) is 10.1. The maximum absolute atomic E-state index is 12.2. The normalized spacial score (nSPS) is 20.0. The third-order valence-corrected chi connectivity index (χ3v) is 5.19. The van der Waals surface area contributed by atoms with E-state index in [1.54, 1.807) is 12.4 Å². The fourth-order valence-corrected chi connectivity index (χ4v) is 3.91. The van der Waals surface area contributed by atoms with Crippen LogP contribution in [0.15, 0.2) is 52.6 Å². The number of pyridine rings is 1. The van der Waals surface area contributed by atoms with Gasteiger partial charge in [-0.25, -0.2) is 4.99 Å². The van der Waals surface area contributed by atoms with Crippen molar-refractivity contribution in [3.63, 3.8) is 0 Å². The van der Waals surface area contributed by atoms with Crippen LogP contribution in [0, 0.1) is 0 Å². The van der Waals surface area contributed by atoms with Gasteiger partial charge in [-0.3, -0.25) is 9.78 Å². The number of benzene rings is 1. The highest BCUT2D eigenvalue weighted by molar-refractivity contribution is 8.18. The number of nitrogens with zero attached hydrogens (tertiary/aromatic N) is 3. The molecule has 2 aliphatic heterocycles. The van der Waals surface area contributed by atoms with Crippen LogP contribution in [-0.4, -0.2) is 29.7 Å². The van der Waals surface area contributed by atoms with Crippen LogP contribution in [0.3, 0.4) is 0 Å². The monoisotopic (exact) mass is 350 g/mol. The Hall–Kier alpha value is -2.60. The van der Waals surface area contributed by atoms with Crippen molar-refractivity contribution in [2.45, 2.75) is 12.8 Å². The van der Waals surface area contributed by atoms with Crippen LogP contribution in [0.2, 0.25) is 0 Å². The van der Waals surface area contributed by atoms with Crippen LogP contribution in [0.25, 0.3) is 6.08 Å². The SMILES string of the molecule is CN1CCCc2cc(/C=C3\SC(=Nc4cccnc4)NC3=O)ccc21. The number of carbonyl (C=O) groups excluding carboxylic acids is 1. The van der Waals surface area contributed by atoms with Crippen LogP contribution < -0.4 is 10.2 Å². The summed E-state index contributed by atoms with van der Waals surface area (Å²) in [4.78, 5) is 23.6. The Morgan fingerprint density at radius 1 is 1.36 bits per heavy atom. The van der Waals surface area contributed by atoms with Crippen molar-refractivity contribution in [1.29, 1.82) is 0 Å². The van der Waals surface area contributed by atoms with Gasteiger partial charge in [0.1, 0.15) is 0 Å². The number of hydrogen-bond acceptors (Lipinski definition) is 5. The van der Waals surface area contributed by atoms with Crippen molar-refractivity contribution in [1.82, 2.24) is 10.3 Å². The Bertz CT molecular complexity index is 876. The van der Waals surface area contributed by atoms with Gasteiger partial charge in [0, 0.05) is 25.5 Å². The van der Waals surface area contributed by atoms with Crippen LogP contribution >= 0.6 is 11.8 Å². The second-order valence-electron chi connectivity index (χ2n) is 6.11. The van der Waals surface area contributed by atoms with E-state index in [9.17, 15) is 4.79 Å². The minimum absolute atomic E-state index is 0.109. The number of aryl methyl sites for hydroxylation is 1. The first-order valence-electron chi connectivity index (χ1n) is 8.23. The zero-order chi connectivity index (χ0) is 17.2. The molecule has 6 heteroatoms. The molecule has 0 aliphatic carbocycles. The van der Waals surface area contributed by atoms with Crippen molar-refractivity contribution in [3.05, 3.63) is 58.8 Å². The lowest BCUT2D eigenvalue weighted by molar-refractivity contribution is -0.115. The van der Waals surface area contributed by atoms with E-state index in [2.05, 4.69) is 45.4 Å². The molecule has 1 saturated heterocycles. The summed E-state index contributed by atoms with van der Waals surface area (Å²) in [5, 5.41) is 3.40. The average Bonchev–Trinajstić information content (AvgIpc) is 2.95. The largest absolute Gasteiger partial charge is 0.374 e. The topological polar surface area (TPSA) is 57.6 Å². The lowest BCUT2D eigenvalue weighted by atomic mass is 9.99.